The molecule has 1 fully saturated rings. The molecule has 106 valence electrons. The van der Waals surface area contributed by atoms with E-state index < -0.39 is 0 Å². The minimum Gasteiger partial charge on any atom is -0.316 e. The predicted octanol–water partition coefficient (Wildman–Crippen LogP) is 2.23. The van der Waals surface area contributed by atoms with E-state index in [1.807, 2.05) is 36.5 Å². The quantitative estimate of drug-likeness (QED) is 0.697. The van der Waals surface area contributed by atoms with Gasteiger partial charge in [0.25, 0.3) is 0 Å². The number of nitriles is 1. The van der Waals surface area contributed by atoms with Crippen molar-refractivity contribution in [3.05, 3.63) is 36.5 Å². The van der Waals surface area contributed by atoms with Crippen molar-refractivity contribution in [2.45, 2.75) is 6.42 Å². The molecule has 2 heterocycles. The zero-order valence-electron chi connectivity index (χ0n) is 11.3. The van der Waals surface area contributed by atoms with Crippen LogP contribution in [-0.2, 0) is 4.79 Å². The molecule has 6 heteroatoms. The molecule has 1 aromatic carbocycles. The highest BCUT2D eigenvalue weighted by Crippen LogP contribution is 2.31. The van der Waals surface area contributed by atoms with Crippen LogP contribution in [-0.4, -0.2) is 24.0 Å². The minimum atomic E-state index is -0.147. The number of hydrogen-bond acceptors (Lipinski definition) is 5. The van der Waals surface area contributed by atoms with Crippen molar-refractivity contribution in [2.75, 3.05) is 18.0 Å². The largest absolute Gasteiger partial charge is 0.316 e. The van der Waals surface area contributed by atoms with Gasteiger partial charge in [-0.3, -0.25) is 4.79 Å². The lowest BCUT2D eigenvalue weighted by Gasteiger charge is -2.14. The molecule has 0 saturated carbocycles. The Balaban J connectivity index is 1.84. The van der Waals surface area contributed by atoms with Gasteiger partial charge in [0.2, 0.25) is 5.91 Å². The number of aromatic nitrogens is 1. The van der Waals surface area contributed by atoms with Crippen LogP contribution in [0.4, 0.5) is 5.00 Å². The molecule has 1 amide bonds. The predicted molar refractivity (Wildman–Crippen MR) is 81.6 cm³/mol. The molecule has 1 atom stereocenters. The van der Waals surface area contributed by atoms with Crippen molar-refractivity contribution in [1.82, 2.24) is 10.3 Å². The Morgan fingerprint density at radius 3 is 2.90 bits per heavy atom. The normalized spacial score (nSPS) is 17.4. The second kappa shape index (κ2) is 6.04. The molecule has 1 N–H and O–H groups in total. The maximum atomic E-state index is 12.4. The lowest BCUT2D eigenvalue weighted by atomic mass is 10.1. The highest BCUT2D eigenvalue weighted by Gasteiger charge is 2.29. The number of benzene rings is 1. The van der Waals surface area contributed by atoms with Gasteiger partial charge >= 0.3 is 0 Å². The fourth-order valence-corrected chi connectivity index (χ4v) is 3.22. The maximum Gasteiger partial charge on any atom is 0.245 e. The van der Waals surface area contributed by atoms with Crippen LogP contribution in [0.5, 0.6) is 0 Å². The molecule has 0 spiro atoms. The van der Waals surface area contributed by atoms with E-state index in [9.17, 15) is 10.1 Å². The van der Waals surface area contributed by atoms with Crippen molar-refractivity contribution in [3.8, 4) is 16.8 Å². The molecular weight excluding hydrogens is 284 g/mol. The molecule has 0 radical (unpaired) electrons. The summed E-state index contributed by atoms with van der Waals surface area (Å²) in [4.78, 5) is 17.9. The molecule has 2 aromatic rings. The Kier molecular flexibility index (Phi) is 3.95. The Labute approximate surface area is 126 Å². The first-order chi connectivity index (χ1) is 10.3. The second-order valence-electron chi connectivity index (χ2n) is 4.83. The molecule has 5 nitrogen and oxygen atoms in total. The molecule has 1 aromatic heterocycles. The lowest BCUT2D eigenvalue weighted by Crippen LogP contribution is -2.33. The van der Waals surface area contributed by atoms with Gasteiger partial charge in [-0.2, -0.15) is 5.26 Å². The van der Waals surface area contributed by atoms with Gasteiger partial charge in [0, 0.05) is 12.1 Å². The second-order valence-corrected chi connectivity index (χ2v) is 5.84. The fraction of sp³-hybridized carbons (Fsp3) is 0.267. The molecule has 1 aliphatic rings. The third-order valence-corrected chi connectivity index (χ3v) is 4.50. The summed E-state index contributed by atoms with van der Waals surface area (Å²) in [6, 6.07) is 9.74. The van der Waals surface area contributed by atoms with E-state index in [0.717, 1.165) is 23.5 Å². The van der Waals surface area contributed by atoms with Crippen molar-refractivity contribution in [2.24, 2.45) is 5.92 Å². The molecule has 0 aliphatic carbocycles. The van der Waals surface area contributed by atoms with Crippen LogP contribution in [0.1, 0.15) is 6.42 Å². The SMILES string of the molecule is N#CN(C(=O)C1CCNC1)c1cnc(-c2ccccc2)s1. The number of rotatable bonds is 3. The van der Waals surface area contributed by atoms with Crippen LogP contribution in [0.25, 0.3) is 10.6 Å². The Morgan fingerprint density at radius 2 is 2.24 bits per heavy atom. The van der Waals surface area contributed by atoms with Crippen molar-refractivity contribution in [1.29, 1.82) is 5.26 Å². The standard InChI is InChI=1S/C15H14N4OS/c16-10-19(15(20)12-6-7-17-8-12)13-9-18-14(21-13)11-4-2-1-3-5-11/h1-5,9,12,17H,6-8H2. The number of thiazole rings is 1. The number of hydrogen-bond donors (Lipinski definition) is 1. The lowest BCUT2D eigenvalue weighted by molar-refractivity contribution is -0.121. The van der Waals surface area contributed by atoms with E-state index in [2.05, 4.69) is 10.3 Å². The Hall–Kier alpha value is -2.23. The summed E-state index contributed by atoms with van der Waals surface area (Å²) < 4.78 is 0. The topological polar surface area (TPSA) is 69.0 Å². The zero-order chi connectivity index (χ0) is 14.7. The highest BCUT2D eigenvalue weighted by atomic mass is 32.1. The summed E-state index contributed by atoms with van der Waals surface area (Å²) in [6.45, 7) is 1.47. The van der Waals surface area contributed by atoms with Crippen LogP contribution < -0.4 is 10.2 Å². The maximum absolute atomic E-state index is 12.4. The van der Waals surface area contributed by atoms with Crippen LogP contribution in [0.15, 0.2) is 36.5 Å². The Bertz CT molecular complexity index is 670. The average Bonchev–Trinajstić information content (AvgIpc) is 3.21. The van der Waals surface area contributed by atoms with Gasteiger partial charge in [-0.1, -0.05) is 41.7 Å². The van der Waals surface area contributed by atoms with Crippen molar-refractivity contribution >= 4 is 22.2 Å². The first-order valence-electron chi connectivity index (χ1n) is 6.75. The van der Waals surface area contributed by atoms with Crippen molar-refractivity contribution in [3.63, 3.8) is 0 Å². The molecule has 0 bridgehead atoms. The van der Waals surface area contributed by atoms with Crippen LogP contribution in [0.3, 0.4) is 0 Å². The van der Waals surface area contributed by atoms with Crippen LogP contribution in [0.2, 0.25) is 0 Å². The average molecular weight is 298 g/mol. The van der Waals surface area contributed by atoms with Gasteiger partial charge in [0.05, 0.1) is 12.1 Å². The first kappa shape index (κ1) is 13.7. The highest BCUT2D eigenvalue weighted by molar-refractivity contribution is 7.19. The summed E-state index contributed by atoms with van der Waals surface area (Å²) >= 11 is 1.36. The Morgan fingerprint density at radius 1 is 1.43 bits per heavy atom. The summed E-state index contributed by atoms with van der Waals surface area (Å²) in [5, 5.41) is 13.8. The van der Waals surface area contributed by atoms with E-state index in [0.29, 0.717) is 11.5 Å². The van der Waals surface area contributed by atoms with Crippen molar-refractivity contribution < 1.29 is 4.79 Å². The van der Waals surface area contributed by atoms with E-state index in [1.165, 1.54) is 16.2 Å². The van der Waals surface area contributed by atoms with Crippen LogP contribution >= 0.6 is 11.3 Å². The van der Waals surface area contributed by atoms with E-state index in [4.69, 9.17) is 0 Å². The molecule has 1 unspecified atom stereocenters. The number of amides is 1. The van der Waals surface area contributed by atoms with Gasteiger partial charge in [-0.25, -0.2) is 9.88 Å². The van der Waals surface area contributed by atoms with Crippen LogP contribution in [0, 0.1) is 17.4 Å². The van der Waals surface area contributed by atoms with Gasteiger partial charge in [0.1, 0.15) is 10.0 Å². The number of nitrogens with one attached hydrogen (secondary N) is 1. The van der Waals surface area contributed by atoms with E-state index in [1.54, 1.807) is 6.20 Å². The summed E-state index contributed by atoms with van der Waals surface area (Å²) in [6.07, 6.45) is 4.36. The van der Waals surface area contributed by atoms with E-state index in [-0.39, 0.29) is 11.8 Å². The summed E-state index contributed by atoms with van der Waals surface area (Å²) in [7, 11) is 0. The smallest absolute Gasteiger partial charge is 0.245 e. The van der Waals surface area contributed by atoms with E-state index >= 15 is 0 Å². The minimum absolute atomic E-state index is 0.119. The number of nitrogens with zero attached hydrogens (tertiary/aromatic N) is 3. The van der Waals surface area contributed by atoms with Gasteiger partial charge in [-0.05, 0) is 13.0 Å². The molecular formula is C15H14N4OS. The number of anilines is 1. The fourth-order valence-electron chi connectivity index (χ4n) is 2.34. The monoisotopic (exact) mass is 298 g/mol. The zero-order valence-corrected chi connectivity index (χ0v) is 12.1. The molecule has 1 saturated heterocycles. The third kappa shape index (κ3) is 2.79. The number of carbonyl (C=O) groups excluding carboxylic acids is 1. The summed E-state index contributed by atoms with van der Waals surface area (Å²) in [5.74, 6) is -0.266. The third-order valence-electron chi connectivity index (χ3n) is 3.46. The first-order valence-corrected chi connectivity index (χ1v) is 7.57. The molecule has 3 rings (SSSR count). The van der Waals surface area contributed by atoms with Gasteiger partial charge in [0.15, 0.2) is 6.19 Å². The number of carbonyl (C=O) groups is 1. The molecule has 21 heavy (non-hydrogen) atoms. The van der Waals surface area contributed by atoms with Gasteiger partial charge < -0.3 is 5.32 Å². The summed E-state index contributed by atoms with van der Waals surface area (Å²) in [5.41, 5.74) is 0.988. The molecule has 1 aliphatic heterocycles. The van der Waals surface area contributed by atoms with Gasteiger partial charge in [-0.15, -0.1) is 0 Å².